The van der Waals surface area contributed by atoms with Crippen LogP contribution >= 0.6 is 0 Å². The van der Waals surface area contributed by atoms with Gasteiger partial charge in [-0.1, -0.05) is 5.21 Å². The Hall–Kier alpha value is -4.34. The fourth-order valence-electron chi connectivity index (χ4n) is 3.60. The summed E-state index contributed by atoms with van der Waals surface area (Å²) >= 11 is 0. The molecule has 0 fully saturated rings. The molecule has 2 aromatic heterocycles. The Labute approximate surface area is 209 Å². The van der Waals surface area contributed by atoms with Gasteiger partial charge in [-0.25, -0.2) is 9.67 Å². The number of nitrogens with zero attached hydrogens (tertiary/aromatic N) is 4. The number of aryl methyl sites for hydroxylation is 1. The number of anilines is 1. The molecule has 0 aliphatic rings. The largest absolute Gasteiger partial charge is 0.497 e. The molecule has 0 bridgehead atoms. The number of hydrogen-bond acceptors (Lipinski definition) is 8. The lowest BCUT2D eigenvalue weighted by Crippen LogP contribution is -2.15. The fourth-order valence-corrected chi connectivity index (χ4v) is 3.60. The summed E-state index contributed by atoms with van der Waals surface area (Å²) in [7, 11) is 3.08. The SMILES string of the molecule is COc1ccc(OC)c(NC(=O)c2nnn(Cc3nc(-c4ccc(OC(C)C)cc4)oc3C)c2C)c1. The van der Waals surface area contributed by atoms with Crippen LogP contribution in [0.15, 0.2) is 46.9 Å². The molecule has 188 valence electrons. The highest BCUT2D eigenvalue weighted by molar-refractivity contribution is 6.04. The number of nitrogens with one attached hydrogen (secondary N) is 1. The van der Waals surface area contributed by atoms with E-state index in [1.54, 1.807) is 36.9 Å². The van der Waals surface area contributed by atoms with Gasteiger partial charge in [0.1, 0.15) is 28.7 Å². The second-order valence-electron chi connectivity index (χ2n) is 8.41. The van der Waals surface area contributed by atoms with Crippen LogP contribution in [0.2, 0.25) is 0 Å². The second kappa shape index (κ2) is 10.5. The summed E-state index contributed by atoms with van der Waals surface area (Å²) in [6.07, 6.45) is 0.0990. The van der Waals surface area contributed by atoms with E-state index in [1.165, 1.54) is 7.11 Å². The van der Waals surface area contributed by atoms with Gasteiger partial charge in [0.2, 0.25) is 5.89 Å². The fraction of sp³-hybridized carbons (Fsp3) is 0.308. The molecule has 2 heterocycles. The number of aromatic nitrogens is 4. The Balaban J connectivity index is 1.50. The van der Waals surface area contributed by atoms with Crippen LogP contribution < -0.4 is 19.5 Å². The highest BCUT2D eigenvalue weighted by atomic mass is 16.5. The third-order valence-electron chi connectivity index (χ3n) is 5.52. The molecule has 4 rings (SSSR count). The molecule has 0 radical (unpaired) electrons. The summed E-state index contributed by atoms with van der Waals surface area (Å²) < 4.78 is 23.8. The molecule has 0 atom stereocenters. The van der Waals surface area contributed by atoms with E-state index in [1.807, 2.05) is 45.0 Å². The second-order valence-corrected chi connectivity index (χ2v) is 8.41. The minimum absolute atomic E-state index is 0.0990. The van der Waals surface area contributed by atoms with Crippen LogP contribution in [-0.2, 0) is 6.54 Å². The van der Waals surface area contributed by atoms with Crippen LogP contribution in [0.4, 0.5) is 5.69 Å². The predicted molar refractivity (Wildman–Crippen MR) is 134 cm³/mol. The van der Waals surface area contributed by atoms with Crippen molar-refractivity contribution < 1.29 is 23.4 Å². The van der Waals surface area contributed by atoms with Gasteiger partial charge in [0.05, 0.1) is 38.2 Å². The van der Waals surface area contributed by atoms with E-state index >= 15 is 0 Å². The molecule has 10 heteroatoms. The van der Waals surface area contributed by atoms with E-state index in [9.17, 15) is 4.79 Å². The van der Waals surface area contributed by atoms with E-state index in [4.69, 9.17) is 18.6 Å². The van der Waals surface area contributed by atoms with Crippen molar-refractivity contribution in [1.29, 1.82) is 0 Å². The Bertz CT molecular complexity index is 1360. The highest BCUT2D eigenvalue weighted by Crippen LogP contribution is 2.29. The zero-order valence-corrected chi connectivity index (χ0v) is 21.2. The van der Waals surface area contributed by atoms with Gasteiger partial charge in [-0.3, -0.25) is 4.79 Å². The van der Waals surface area contributed by atoms with Crippen LogP contribution in [0, 0.1) is 13.8 Å². The van der Waals surface area contributed by atoms with Gasteiger partial charge in [-0.2, -0.15) is 0 Å². The summed E-state index contributed by atoms with van der Waals surface area (Å²) in [5.74, 6) is 2.63. The van der Waals surface area contributed by atoms with Crippen molar-refractivity contribution in [2.24, 2.45) is 0 Å². The maximum atomic E-state index is 13.0. The quantitative estimate of drug-likeness (QED) is 0.360. The normalized spacial score (nSPS) is 11.0. The molecule has 0 aliphatic heterocycles. The van der Waals surface area contributed by atoms with Gasteiger partial charge in [0, 0.05) is 11.6 Å². The number of methoxy groups -OCH3 is 2. The summed E-state index contributed by atoms with van der Waals surface area (Å²) in [4.78, 5) is 17.6. The lowest BCUT2D eigenvalue weighted by Gasteiger charge is -2.11. The van der Waals surface area contributed by atoms with Crippen molar-refractivity contribution in [3.05, 3.63) is 65.3 Å². The third-order valence-corrected chi connectivity index (χ3v) is 5.52. The van der Waals surface area contributed by atoms with Gasteiger partial charge < -0.3 is 23.9 Å². The third kappa shape index (κ3) is 5.32. The lowest BCUT2D eigenvalue weighted by atomic mass is 10.2. The molecular formula is C26H29N5O5. The van der Waals surface area contributed by atoms with Gasteiger partial charge in [-0.05, 0) is 64.1 Å². The highest BCUT2D eigenvalue weighted by Gasteiger charge is 2.20. The minimum atomic E-state index is -0.411. The average molecular weight is 492 g/mol. The summed E-state index contributed by atoms with van der Waals surface area (Å²) in [6.45, 7) is 7.89. The first-order valence-corrected chi connectivity index (χ1v) is 11.5. The van der Waals surface area contributed by atoms with Crippen LogP contribution in [0.3, 0.4) is 0 Å². The van der Waals surface area contributed by atoms with E-state index < -0.39 is 5.91 Å². The maximum absolute atomic E-state index is 13.0. The number of amides is 1. The van der Waals surface area contributed by atoms with E-state index in [2.05, 4.69) is 20.6 Å². The molecule has 10 nitrogen and oxygen atoms in total. The molecule has 0 saturated heterocycles. The summed E-state index contributed by atoms with van der Waals surface area (Å²) in [5.41, 5.74) is 2.79. The molecule has 1 amide bonds. The number of oxazole rings is 1. The summed E-state index contributed by atoms with van der Waals surface area (Å²) in [6, 6.07) is 12.7. The van der Waals surface area contributed by atoms with Crippen molar-refractivity contribution in [2.45, 2.75) is 40.3 Å². The van der Waals surface area contributed by atoms with Crippen molar-refractivity contribution in [3.63, 3.8) is 0 Å². The lowest BCUT2D eigenvalue weighted by molar-refractivity contribution is 0.102. The first kappa shape index (κ1) is 24.8. The summed E-state index contributed by atoms with van der Waals surface area (Å²) in [5, 5.41) is 11.1. The average Bonchev–Trinajstić information content (AvgIpc) is 3.41. The van der Waals surface area contributed by atoms with Crippen molar-refractivity contribution in [1.82, 2.24) is 20.0 Å². The standard InChI is InChI=1S/C26H29N5O5/c1-15(2)35-19-9-7-18(8-10-19)26-28-22(17(4)36-26)14-31-16(3)24(29-30-31)25(32)27-21-13-20(33-5)11-12-23(21)34-6/h7-13,15H,14H2,1-6H3,(H,27,32). The molecule has 4 aromatic rings. The van der Waals surface area contributed by atoms with Crippen LogP contribution in [0.1, 0.15) is 41.5 Å². The number of benzene rings is 2. The predicted octanol–water partition coefficient (Wildman–Crippen LogP) is 4.65. The zero-order chi connectivity index (χ0) is 25.8. The zero-order valence-electron chi connectivity index (χ0n) is 21.2. The monoisotopic (exact) mass is 491 g/mol. The number of carbonyl (C=O) groups excluding carboxylic acids is 1. The Kier molecular flexibility index (Phi) is 7.23. The smallest absolute Gasteiger partial charge is 0.278 e. The van der Waals surface area contributed by atoms with Crippen molar-refractivity contribution in [3.8, 4) is 28.7 Å². The number of ether oxygens (including phenoxy) is 3. The van der Waals surface area contributed by atoms with Crippen LogP contribution in [0.25, 0.3) is 11.5 Å². The van der Waals surface area contributed by atoms with Gasteiger partial charge >= 0.3 is 0 Å². The first-order valence-electron chi connectivity index (χ1n) is 11.5. The van der Waals surface area contributed by atoms with Crippen LogP contribution in [0.5, 0.6) is 17.2 Å². The molecule has 0 spiro atoms. The van der Waals surface area contributed by atoms with Gasteiger partial charge in [0.25, 0.3) is 5.91 Å². The van der Waals surface area contributed by atoms with Gasteiger partial charge in [0.15, 0.2) is 5.69 Å². The van der Waals surface area contributed by atoms with Crippen molar-refractivity contribution >= 4 is 11.6 Å². The van der Waals surface area contributed by atoms with Crippen LogP contribution in [-0.4, -0.2) is 46.2 Å². The first-order chi connectivity index (χ1) is 17.3. The van der Waals surface area contributed by atoms with E-state index in [-0.39, 0.29) is 11.8 Å². The molecular weight excluding hydrogens is 462 g/mol. The molecule has 0 aliphatic carbocycles. The molecule has 0 unspecified atom stereocenters. The minimum Gasteiger partial charge on any atom is -0.497 e. The Morgan fingerprint density at radius 3 is 2.44 bits per heavy atom. The topological polar surface area (TPSA) is 114 Å². The molecule has 36 heavy (non-hydrogen) atoms. The maximum Gasteiger partial charge on any atom is 0.278 e. The molecule has 2 aromatic carbocycles. The number of rotatable bonds is 9. The Morgan fingerprint density at radius 1 is 1.06 bits per heavy atom. The van der Waals surface area contributed by atoms with E-state index in [0.29, 0.717) is 46.8 Å². The van der Waals surface area contributed by atoms with Gasteiger partial charge in [-0.15, -0.1) is 5.10 Å². The number of hydrogen-bond donors (Lipinski definition) is 1. The molecule has 1 N–H and O–H groups in total. The van der Waals surface area contributed by atoms with Crippen molar-refractivity contribution in [2.75, 3.05) is 19.5 Å². The molecule has 0 saturated carbocycles. The number of carbonyl (C=O) groups is 1. The Morgan fingerprint density at radius 2 is 1.78 bits per heavy atom. The van der Waals surface area contributed by atoms with E-state index in [0.717, 1.165) is 11.3 Å².